The van der Waals surface area contributed by atoms with Gasteiger partial charge in [0, 0.05) is 32.0 Å². The molecule has 0 saturated carbocycles. The highest BCUT2D eigenvalue weighted by Crippen LogP contribution is 2.18. The molecular formula is C14H19NO2. The van der Waals surface area contributed by atoms with E-state index in [4.69, 9.17) is 9.84 Å². The molecule has 0 amide bonds. The first kappa shape index (κ1) is 12.1. The number of aryl methyl sites for hydroxylation is 1. The molecule has 3 heteroatoms. The van der Waals surface area contributed by atoms with Crippen molar-refractivity contribution in [1.29, 1.82) is 0 Å². The van der Waals surface area contributed by atoms with Crippen molar-refractivity contribution in [1.82, 2.24) is 4.57 Å². The van der Waals surface area contributed by atoms with Crippen molar-refractivity contribution in [2.45, 2.75) is 26.0 Å². The maximum absolute atomic E-state index is 9.15. The predicted octanol–water partition coefficient (Wildman–Crippen LogP) is 2.56. The molecule has 3 nitrogen and oxygen atoms in total. The molecule has 1 aromatic carbocycles. The van der Waals surface area contributed by atoms with Gasteiger partial charge in [0.2, 0.25) is 0 Å². The third-order valence-corrected chi connectivity index (χ3v) is 3.02. The molecule has 0 atom stereocenters. The second-order valence-corrected chi connectivity index (χ2v) is 4.26. The summed E-state index contributed by atoms with van der Waals surface area (Å²) >= 11 is 0. The van der Waals surface area contributed by atoms with Crippen LogP contribution in [0.3, 0.4) is 0 Å². The van der Waals surface area contributed by atoms with Crippen molar-refractivity contribution in [2.24, 2.45) is 0 Å². The van der Waals surface area contributed by atoms with Gasteiger partial charge < -0.3 is 14.4 Å². The Morgan fingerprint density at radius 1 is 1.24 bits per heavy atom. The van der Waals surface area contributed by atoms with E-state index in [1.54, 1.807) is 7.11 Å². The summed E-state index contributed by atoms with van der Waals surface area (Å²) in [6, 6.07) is 8.21. The molecule has 0 aliphatic heterocycles. The summed E-state index contributed by atoms with van der Waals surface area (Å²) in [7, 11) is 1.73. The maximum atomic E-state index is 9.15. The molecule has 0 fully saturated rings. The van der Waals surface area contributed by atoms with Crippen LogP contribution >= 0.6 is 0 Å². The van der Waals surface area contributed by atoms with Gasteiger partial charge in [0.25, 0.3) is 0 Å². The fourth-order valence-electron chi connectivity index (χ4n) is 2.05. The molecule has 0 aliphatic rings. The number of ether oxygens (including phenoxy) is 1. The van der Waals surface area contributed by atoms with Gasteiger partial charge in [-0.15, -0.1) is 0 Å². The summed E-state index contributed by atoms with van der Waals surface area (Å²) in [5.41, 5.74) is 2.17. The molecule has 92 valence electrons. The number of methoxy groups -OCH3 is 1. The molecule has 1 N–H and O–H groups in total. The van der Waals surface area contributed by atoms with Gasteiger partial charge in [0.05, 0.1) is 6.61 Å². The number of hydrogen-bond acceptors (Lipinski definition) is 2. The molecule has 2 aromatic rings. The molecule has 0 aliphatic carbocycles. The van der Waals surface area contributed by atoms with Crippen LogP contribution in [0.2, 0.25) is 0 Å². The zero-order valence-electron chi connectivity index (χ0n) is 10.2. The van der Waals surface area contributed by atoms with E-state index in [0.717, 1.165) is 31.6 Å². The zero-order chi connectivity index (χ0) is 12.1. The van der Waals surface area contributed by atoms with Crippen molar-refractivity contribution in [3.05, 3.63) is 36.0 Å². The third-order valence-electron chi connectivity index (χ3n) is 3.02. The molecule has 1 heterocycles. The lowest BCUT2D eigenvalue weighted by molar-refractivity contribution is 0.191. The fraction of sp³-hybridized carbons (Fsp3) is 0.429. The minimum absolute atomic E-state index is 0.102. The van der Waals surface area contributed by atoms with Crippen molar-refractivity contribution in [3.63, 3.8) is 0 Å². The van der Waals surface area contributed by atoms with Crippen molar-refractivity contribution in [2.75, 3.05) is 13.7 Å². The van der Waals surface area contributed by atoms with Gasteiger partial charge in [0.1, 0.15) is 0 Å². The summed E-state index contributed by atoms with van der Waals surface area (Å²) in [6.45, 7) is 1.92. The van der Waals surface area contributed by atoms with Gasteiger partial charge in [-0.1, -0.05) is 12.1 Å². The number of hydrogen-bond donors (Lipinski definition) is 1. The Morgan fingerprint density at radius 3 is 2.88 bits per heavy atom. The Morgan fingerprint density at radius 2 is 2.12 bits per heavy atom. The van der Waals surface area contributed by atoms with Crippen LogP contribution in [0.5, 0.6) is 0 Å². The van der Waals surface area contributed by atoms with E-state index in [-0.39, 0.29) is 6.61 Å². The first-order valence-electron chi connectivity index (χ1n) is 6.02. The van der Waals surface area contributed by atoms with Gasteiger partial charge in [-0.05, 0) is 35.9 Å². The Labute approximate surface area is 102 Å². The molecule has 0 saturated heterocycles. The summed E-state index contributed by atoms with van der Waals surface area (Å²) in [6.07, 6.45) is 4.30. The van der Waals surface area contributed by atoms with Crippen LogP contribution in [-0.4, -0.2) is 23.4 Å². The molecule has 1 aromatic heterocycles. The van der Waals surface area contributed by atoms with E-state index in [1.807, 2.05) is 6.07 Å². The molecular weight excluding hydrogens is 214 g/mol. The van der Waals surface area contributed by atoms with E-state index in [1.165, 1.54) is 10.9 Å². The van der Waals surface area contributed by atoms with Crippen LogP contribution in [0.1, 0.15) is 18.4 Å². The standard InChI is InChI=1S/C14H19NO2/c1-17-9-3-2-7-15-8-6-13-5-4-12(11-16)10-14(13)15/h4-6,8,10,16H,2-3,7,9,11H2,1H3. The van der Waals surface area contributed by atoms with Crippen molar-refractivity contribution < 1.29 is 9.84 Å². The number of aliphatic hydroxyl groups excluding tert-OH is 1. The molecule has 2 rings (SSSR count). The quantitative estimate of drug-likeness (QED) is 0.778. The Bertz CT molecular complexity index is 476. The predicted molar refractivity (Wildman–Crippen MR) is 69.0 cm³/mol. The highest BCUT2D eigenvalue weighted by molar-refractivity contribution is 5.80. The van der Waals surface area contributed by atoms with Crippen LogP contribution in [0.25, 0.3) is 10.9 Å². The average molecular weight is 233 g/mol. The Kier molecular flexibility index (Phi) is 4.18. The number of benzene rings is 1. The van der Waals surface area contributed by atoms with Crippen molar-refractivity contribution >= 4 is 10.9 Å². The molecule has 0 unspecified atom stereocenters. The normalized spacial score (nSPS) is 11.2. The highest BCUT2D eigenvalue weighted by atomic mass is 16.5. The topological polar surface area (TPSA) is 34.4 Å². The van der Waals surface area contributed by atoms with Crippen LogP contribution in [0, 0.1) is 0 Å². The largest absolute Gasteiger partial charge is 0.392 e. The Balaban J connectivity index is 2.11. The van der Waals surface area contributed by atoms with Crippen molar-refractivity contribution in [3.8, 4) is 0 Å². The molecule has 17 heavy (non-hydrogen) atoms. The van der Waals surface area contributed by atoms with Crippen LogP contribution in [0.4, 0.5) is 0 Å². The molecule has 0 radical (unpaired) electrons. The lowest BCUT2D eigenvalue weighted by Gasteiger charge is -2.06. The van der Waals surface area contributed by atoms with E-state index >= 15 is 0 Å². The van der Waals surface area contributed by atoms with Gasteiger partial charge in [-0.25, -0.2) is 0 Å². The van der Waals surface area contributed by atoms with Crippen LogP contribution in [-0.2, 0) is 17.9 Å². The summed E-state index contributed by atoms with van der Waals surface area (Å²) < 4.78 is 7.28. The zero-order valence-corrected chi connectivity index (χ0v) is 10.2. The van der Waals surface area contributed by atoms with E-state index in [9.17, 15) is 0 Å². The molecule has 0 bridgehead atoms. The van der Waals surface area contributed by atoms with E-state index in [2.05, 4.69) is 29.0 Å². The number of rotatable bonds is 6. The number of fused-ring (bicyclic) bond motifs is 1. The number of aliphatic hydroxyl groups is 1. The SMILES string of the molecule is COCCCCn1ccc2ccc(CO)cc21. The monoisotopic (exact) mass is 233 g/mol. The maximum Gasteiger partial charge on any atom is 0.0682 e. The number of nitrogens with zero attached hydrogens (tertiary/aromatic N) is 1. The van der Waals surface area contributed by atoms with Gasteiger partial charge in [-0.3, -0.25) is 0 Å². The van der Waals surface area contributed by atoms with Gasteiger partial charge >= 0.3 is 0 Å². The number of unbranched alkanes of at least 4 members (excludes halogenated alkanes) is 1. The Hall–Kier alpha value is -1.32. The van der Waals surface area contributed by atoms with Gasteiger partial charge in [-0.2, -0.15) is 0 Å². The van der Waals surface area contributed by atoms with E-state index < -0.39 is 0 Å². The minimum Gasteiger partial charge on any atom is -0.392 e. The summed E-state index contributed by atoms with van der Waals surface area (Å²) in [4.78, 5) is 0. The van der Waals surface area contributed by atoms with Gasteiger partial charge in [0.15, 0.2) is 0 Å². The number of aromatic nitrogens is 1. The third kappa shape index (κ3) is 2.87. The summed E-state index contributed by atoms with van der Waals surface area (Å²) in [5.74, 6) is 0. The summed E-state index contributed by atoms with van der Waals surface area (Å²) in [5, 5.41) is 10.4. The first-order chi connectivity index (χ1) is 8.35. The minimum atomic E-state index is 0.102. The fourth-order valence-corrected chi connectivity index (χ4v) is 2.05. The smallest absolute Gasteiger partial charge is 0.0682 e. The van der Waals surface area contributed by atoms with Crippen LogP contribution in [0.15, 0.2) is 30.5 Å². The lowest BCUT2D eigenvalue weighted by Crippen LogP contribution is -1.98. The molecule has 0 spiro atoms. The lowest BCUT2D eigenvalue weighted by atomic mass is 10.2. The van der Waals surface area contributed by atoms with E-state index in [0.29, 0.717) is 0 Å². The highest BCUT2D eigenvalue weighted by Gasteiger charge is 2.01. The van der Waals surface area contributed by atoms with Crippen LogP contribution < -0.4 is 0 Å². The second-order valence-electron chi connectivity index (χ2n) is 4.26. The first-order valence-corrected chi connectivity index (χ1v) is 6.02. The average Bonchev–Trinajstić information content (AvgIpc) is 2.77. The second kappa shape index (κ2) is 5.84.